The number of fused-ring (bicyclic) bond motifs is 1. The van der Waals surface area contributed by atoms with Crippen LogP contribution in [0, 0.1) is 0 Å². The fraction of sp³-hybridized carbons (Fsp3) is 0.412. The lowest BCUT2D eigenvalue weighted by atomic mass is 10.0. The van der Waals surface area contributed by atoms with Gasteiger partial charge in [-0.2, -0.15) is 0 Å². The van der Waals surface area contributed by atoms with Crippen molar-refractivity contribution in [2.45, 2.75) is 12.0 Å². The summed E-state index contributed by atoms with van der Waals surface area (Å²) < 4.78 is 0. The maximum atomic E-state index is 12.8. The lowest BCUT2D eigenvalue weighted by molar-refractivity contribution is 0.0236. The molecule has 3 rings (SSSR count). The van der Waals surface area contributed by atoms with Gasteiger partial charge in [0.1, 0.15) is 0 Å². The molecule has 0 saturated carbocycles. The average Bonchev–Trinajstić information content (AvgIpc) is 2.87. The zero-order chi connectivity index (χ0) is 15.7. The Morgan fingerprint density at radius 1 is 1.36 bits per heavy atom. The molecule has 2 aromatic rings. The van der Waals surface area contributed by atoms with Gasteiger partial charge < -0.3 is 14.9 Å². The van der Waals surface area contributed by atoms with Crippen LogP contribution in [-0.2, 0) is 0 Å². The minimum Gasteiger partial charge on any atom is -0.387 e. The summed E-state index contributed by atoms with van der Waals surface area (Å²) >= 11 is 0. The Morgan fingerprint density at radius 3 is 2.91 bits per heavy atom. The van der Waals surface area contributed by atoms with E-state index >= 15 is 0 Å². The van der Waals surface area contributed by atoms with Crippen LogP contribution in [0.25, 0.3) is 10.9 Å². The molecule has 0 unspecified atom stereocenters. The van der Waals surface area contributed by atoms with E-state index < -0.39 is 5.60 Å². The normalized spacial score (nSPS) is 21.7. The highest BCUT2D eigenvalue weighted by Crippen LogP contribution is 2.25. The monoisotopic (exact) mass is 299 g/mol. The van der Waals surface area contributed by atoms with Crippen LogP contribution in [0.1, 0.15) is 16.8 Å². The molecule has 1 N–H and O–H groups in total. The second-order valence-electron chi connectivity index (χ2n) is 6.32. The summed E-state index contributed by atoms with van der Waals surface area (Å²) in [6, 6.07) is 9.44. The van der Waals surface area contributed by atoms with Crippen LogP contribution in [0.2, 0.25) is 0 Å². The van der Waals surface area contributed by atoms with Gasteiger partial charge in [-0.05, 0) is 32.6 Å². The number of para-hydroxylation sites is 1. The van der Waals surface area contributed by atoms with Crippen LogP contribution in [0.4, 0.5) is 0 Å². The van der Waals surface area contributed by atoms with Crippen LogP contribution in [0.3, 0.4) is 0 Å². The van der Waals surface area contributed by atoms with Gasteiger partial charge in [0.2, 0.25) is 0 Å². The zero-order valence-electron chi connectivity index (χ0n) is 13.0. The van der Waals surface area contributed by atoms with E-state index in [1.165, 1.54) is 0 Å². The fourth-order valence-electron chi connectivity index (χ4n) is 3.19. The van der Waals surface area contributed by atoms with E-state index in [0.29, 0.717) is 31.6 Å². The Morgan fingerprint density at radius 2 is 2.14 bits per heavy atom. The molecule has 2 heterocycles. The van der Waals surface area contributed by atoms with Gasteiger partial charge in [-0.1, -0.05) is 18.2 Å². The van der Waals surface area contributed by atoms with E-state index in [1.807, 2.05) is 43.3 Å². The van der Waals surface area contributed by atoms with Crippen LogP contribution in [0.5, 0.6) is 0 Å². The second kappa shape index (κ2) is 5.66. The Hall–Kier alpha value is -1.98. The summed E-state index contributed by atoms with van der Waals surface area (Å²) in [7, 11) is 3.86. The molecule has 1 aliphatic heterocycles. The number of benzene rings is 1. The van der Waals surface area contributed by atoms with Crippen molar-refractivity contribution in [3.05, 3.63) is 42.1 Å². The summed E-state index contributed by atoms with van der Waals surface area (Å²) in [4.78, 5) is 20.8. The molecule has 22 heavy (non-hydrogen) atoms. The van der Waals surface area contributed by atoms with E-state index in [0.717, 1.165) is 10.9 Å². The minimum atomic E-state index is -0.822. The number of rotatable bonds is 3. The van der Waals surface area contributed by atoms with Crippen molar-refractivity contribution >= 4 is 16.8 Å². The summed E-state index contributed by atoms with van der Waals surface area (Å²) in [6.45, 7) is 1.50. The minimum absolute atomic E-state index is 0.0565. The standard InChI is InChI=1S/C17H21N3O2/c1-19(2)11-17(22)8-10-20(12-17)16(21)14-7-3-5-13-6-4-9-18-15(13)14/h3-7,9,22H,8,10-12H2,1-2H3/t17-/m1/s1. The molecule has 0 bridgehead atoms. The zero-order valence-corrected chi connectivity index (χ0v) is 13.0. The van der Waals surface area contributed by atoms with E-state index in [2.05, 4.69) is 4.98 Å². The molecular formula is C17H21N3O2. The topological polar surface area (TPSA) is 56.7 Å². The number of β-amino-alcohol motifs (C(OH)–C–C–N with tert-alkyl or cyclic N) is 1. The van der Waals surface area contributed by atoms with Gasteiger partial charge in [-0.3, -0.25) is 9.78 Å². The average molecular weight is 299 g/mol. The van der Waals surface area contributed by atoms with Crippen molar-refractivity contribution in [2.75, 3.05) is 33.7 Å². The molecule has 1 saturated heterocycles. The van der Waals surface area contributed by atoms with Crippen LogP contribution >= 0.6 is 0 Å². The number of likely N-dealkylation sites (N-methyl/N-ethyl adjacent to an activating group) is 1. The molecule has 0 spiro atoms. The van der Waals surface area contributed by atoms with Gasteiger partial charge in [0, 0.05) is 24.7 Å². The van der Waals surface area contributed by atoms with E-state index in [4.69, 9.17) is 0 Å². The Balaban J connectivity index is 1.85. The van der Waals surface area contributed by atoms with E-state index in [1.54, 1.807) is 17.2 Å². The molecule has 0 radical (unpaired) electrons. The lowest BCUT2D eigenvalue weighted by Gasteiger charge is -2.26. The highest BCUT2D eigenvalue weighted by Gasteiger charge is 2.39. The van der Waals surface area contributed by atoms with Gasteiger partial charge in [0.25, 0.3) is 5.91 Å². The number of pyridine rings is 1. The first-order valence-corrected chi connectivity index (χ1v) is 7.49. The molecule has 1 aliphatic rings. The third-order valence-electron chi connectivity index (χ3n) is 4.09. The number of aliphatic hydroxyl groups is 1. The third-order valence-corrected chi connectivity index (χ3v) is 4.09. The summed E-state index contributed by atoms with van der Waals surface area (Å²) in [5.41, 5.74) is 0.502. The van der Waals surface area contributed by atoms with Crippen LogP contribution < -0.4 is 0 Å². The first kappa shape index (κ1) is 14.9. The van der Waals surface area contributed by atoms with Crippen molar-refractivity contribution in [1.82, 2.24) is 14.8 Å². The van der Waals surface area contributed by atoms with E-state index in [-0.39, 0.29) is 5.91 Å². The maximum absolute atomic E-state index is 12.8. The number of aromatic nitrogens is 1. The molecule has 1 atom stereocenters. The largest absolute Gasteiger partial charge is 0.387 e. The summed E-state index contributed by atoms with van der Waals surface area (Å²) in [5, 5.41) is 11.5. The first-order valence-electron chi connectivity index (χ1n) is 7.49. The third kappa shape index (κ3) is 2.82. The number of amides is 1. The SMILES string of the molecule is CN(C)C[C@]1(O)CCN(C(=O)c2cccc3cccnc23)C1. The lowest BCUT2D eigenvalue weighted by Crippen LogP contribution is -2.43. The fourth-order valence-corrected chi connectivity index (χ4v) is 3.19. The smallest absolute Gasteiger partial charge is 0.256 e. The Kier molecular flexibility index (Phi) is 3.85. The number of carbonyl (C=O) groups excluding carboxylic acids is 1. The van der Waals surface area contributed by atoms with Crippen LogP contribution in [0.15, 0.2) is 36.5 Å². The van der Waals surface area contributed by atoms with Gasteiger partial charge in [-0.15, -0.1) is 0 Å². The molecule has 1 aromatic carbocycles. The van der Waals surface area contributed by atoms with E-state index in [9.17, 15) is 9.90 Å². The molecule has 116 valence electrons. The summed E-state index contributed by atoms with van der Waals surface area (Å²) in [5.74, 6) is -0.0565. The quantitative estimate of drug-likeness (QED) is 0.930. The Labute approximate surface area is 130 Å². The number of nitrogens with zero attached hydrogens (tertiary/aromatic N) is 3. The predicted octanol–water partition coefficient (Wildman–Crippen LogP) is 1.37. The highest BCUT2D eigenvalue weighted by molar-refractivity contribution is 6.05. The van der Waals surface area contributed by atoms with Gasteiger partial charge in [0.15, 0.2) is 0 Å². The first-order chi connectivity index (χ1) is 10.5. The van der Waals surface area contributed by atoms with Crippen molar-refractivity contribution in [3.8, 4) is 0 Å². The second-order valence-corrected chi connectivity index (χ2v) is 6.32. The molecule has 1 aromatic heterocycles. The van der Waals surface area contributed by atoms with Crippen LogP contribution in [-0.4, -0.2) is 65.1 Å². The Bertz CT molecular complexity index is 696. The van der Waals surface area contributed by atoms with Crippen molar-refractivity contribution < 1.29 is 9.90 Å². The summed E-state index contributed by atoms with van der Waals surface area (Å²) in [6.07, 6.45) is 2.31. The number of hydrogen-bond acceptors (Lipinski definition) is 4. The molecule has 1 fully saturated rings. The molecular weight excluding hydrogens is 278 g/mol. The van der Waals surface area contributed by atoms with Gasteiger partial charge in [-0.25, -0.2) is 0 Å². The van der Waals surface area contributed by atoms with Crippen molar-refractivity contribution in [2.24, 2.45) is 0 Å². The molecule has 0 aliphatic carbocycles. The highest BCUT2D eigenvalue weighted by atomic mass is 16.3. The number of likely N-dealkylation sites (tertiary alicyclic amines) is 1. The van der Waals surface area contributed by atoms with Gasteiger partial charge >= 0.3 is 0 Å². The van der Waals surface area contributed by atoms with Crippen molar-refractivity contribution in [3.63, 3.8) is 0 Å². The number of carbonyl (C=O) groups is 1. The number of hydrogen-bond donors (Lipinski definition) is 1. The predicted molar refractivity (Wildman–Crippen MR) is 85.8 cm³/mol. The molecule has 5 heteroatoms. The molecule has 5 nitrogen and oxygen atoms in total. The van der Waals surface area contributed by atoms with Gasteiger partial charge in [0.05, 0.1) is 23.2 Å². The maximum Gasteiger partial charge on any atom is 0.256 e. The molecule has 1 amide bonds. The van der Waals surface area contributed by atoms with Crippen molar-refractivity contribution in [1.29, 1.82) is 0 Å².